The molecule has 0 saturated carbocycles. The smallest absolute Gasteiger partial charge is 0.0610 e. The molecule has 0 N–H and O–H groups in total. The molecule has 13 heavy (non-hydrogen) atoms. The Hall–Kier alpha value is -0.560. The quantitative estimate of drug-likeness (QED) is 0.572. The Morgan fingerprint density at radius 3 is 1.38 bits per heavy atom. The molecule has 1 heteroatoms. The van der Waals surface area contributed by atoms with E-state index in [9.17, 15) is 0 Å². The van der Waals surface area contributed by atoms with Gasteiger partial charge in [-0.2, -0.15) is 0 Å². The maximum Gasteiger partial charge on any atom is 0.0610 e. The van der Waals surface area contributed by atoms with Crippen LogP contribution in [0.5, 0.6) is 0 Å². The molecule has 0 spiro atoms. The Bertz CT molecular complexity index is 145. The van der Waals surface area contributed by atoms with Gasteiger partial charge in [-0.05, 0) is 25.7 Å². The molecule has 0 saturated heterocycles. The second-order valence-electron chi connectivity index (χ2n) is 3.74. The molecule has 0 fully saturated rings. The Morgan fingerprint density at radius 2 is 1.15 bits per heavy atom. The molecule has 0 aliphatic heterocycles. The third-order valence-corrected chi connectivity index (χ3v) is 2.65. The van der Waals surface area contributed by atoms with E-state index >= 15 is 0 Å². The first-order valence-corrected chi connectivity index (χ1v) is 4.93. The monoisotopic (exact) mass is 182 g/mol. The van der Waals surface area contributed by atoms with Crippen molar-refractivity contribution >= 4 is 0 Å². The van der Waals surface area contributed by atoms with Crippen molar-refractivity contribution in [2.45, 2.75) is 39.9 Å². The van der Waals surface area contributed by atoms with Crippen LogP contribution in [0.2, 0.25) is 0 Å². The van der Waals surface area contributed by atoms with Crippen molar-refractivity contribution in [1.82, 2.24) is 0 Å². The molecule has 0 heterocycles. The zero-order chi connectivity index (χ0) is 10.4. The van der Waals surface area contributed by atoms with E-state index in [1.165, 1.54) is 0 Å². The maximum absolute atomic E-state index is 5.81. The van der Waals surface area contributed by atoms with Crippen LogP contribution in [0.4, 0.5) is 0 Å². The molecule has 0 aromatic heterocycles. The van der Waals surface area contributed by atoms with Crippen molar-refractivity contribution in [3.63, 3.8) is 0 Å². The highest BCUT2D eigenvalue weighted by Gasteiger charge is 2.15. The molecule has 0 aromatic rings. The largest absolute Gasteiger partial charge is 0.374 e. The second-order valence-corrected chi connectivity index (χ2v) is 3.74. The topological polar surface area (TPSA) is 9.23 Å². The first kappa shape index (κ1) is 12.4. The number of ether oxygens (including phenoxy) is 1. The summed E-state index contributed by atoms with van der Waals surface area (Å²) >= 11 is 0. The Balaban J connectivity index is 3.96. The van der Waals surface area contributed by atoms with E-state index in [0.717, 1.165) is 0 Å². The summed E-state index contributed by atoms with van der Waals surface area (Å²) < 4.78 is 5.81. The van der Waals surface area contributed by atoms with Crippen LogP contribution in [0, 0.1) is 11.8 Å². The minimum absolute atomic E-state index is 0.231. The summed E-state index contributed by atoms with van der Waals surface area (Å²) in [4.78, 5) is 0. The van der Waals surface area contributed by atoms with Gasteiger partial charge < -0.3 is 4.74 Å². The fourth-order valence-corrected chi connectivity index (χ4v) is 0.970. The van der Waals surface area contributed by atoms with Gasteiger partial charge in [0.25, 0.3) is 0 Å². The average Bonchev–Trinajstić information content (AvgIpc) is 2.14. The van der Waals surface area contributed by atoms with Gasteiger partial charge in [0.15, 0.2) is 0 Å². The van der Waals surface area contributed by atoms with Crippen LogP contribution in [-0.4, -0.2) is 12.2 Å². The van der Waals surface area contributed by atoms with E-state index in [2.05, 4.69) is 40.9 Å². The lowest BCUT2D eigenvalue weighted by atomic mass is 10.0. The first-order chi connectivity index (χ1) is 6.02. The number of rotatable bonds is 6. The number of hydrogen-bond acceptors (Lipinski definition) is 1. The maximum atomic E-state index is 5.81. The van der Waals surface area contributed by atoms with Crippen molar-refractivity contribution in [2.24, 2.45) is 11.8 Å². The van der Waals surface area contributed by atoms with Crippen LogP contribution in [0.1, 0.15) is 27.7 Å². The fourth-order valence-electron chi connectivity index (χ4n) is 0.970. The molecule has 0 aliphatic carbocycles. The SMILES string of the molecule is C=CC(C)C(C)OC(C)C(C)C=C. The van der Waals surface area contributed by atoms with E-state index in [0.29, 0.717) is 11.8 Å². The van der Waals surface area contributed by atoms with E-state index in [1.54, 1.807) is 0 Å². The molecule has 0 amide bonds. The molecule has 1 nitrogen and oxygen atoms in total. The van der Waals surface area contributed by atoms with Gasteiger partial charge in [0.05, 0.1) is 12.2 Å². The Kier molecular flexibility index (Phi) is 5.72. The summed E-state index contributed by atoms with van der Waals surface area (Å²) in [5.41, 5.74) is 0. The predicted molar refractivity (Wildman–Crippen MR) is 58.7 cm³/mol. The van der Waals surface area contributed by atoms with Gasteiger partial charge in [-0.15, -0.1) is 13.2 Å². The normalized spacial score (nSPS) is 20.0. The highest BCUT2D eigenvalue weighted by Crippen LogP contribution is 2.15. The lowest BCUT2D eigenvalue weighted by Crippen LogP contribution is -2.26. The highest BCUT2D eigenvalue weighted by atomic mass is 16.5. The van der Waals surface area contributed by atoms with Gasteiger partial charge in [0.1, 0.15) is 0 Å². The summed E-state index contributed by atoms with van der Waals surface area (Å²) in [5.74, 6) is 0.805. The Labute approximate surface area is 82.5 Å². The van der Waals surface area contributed by atoms with Crippen molar-refractivity contribution in [3.8, 4) is 0 Å². The van der Waals surface area contributed by atoms with Crippen LogP contribution in [-0.2, 0) is 4.74 Å². The molecule has 76 valence electrons. The summed E-state index contributed by atoms with van der Waals surface area (Å²) in [5, 5.41) is 0. The van der Waals surface area contributed by atoms with Gasteiger partial charge in [-0.1, -0.05) is 26.0 Å². The number of hydrogen-bond donors (Lipinski definition) is 0. The molecule has 0 bridgehead atoms. The standard InChI is InChI=1S/C12H22O/c1-7-9(3)11(5)13-12(6)10(4)8-2/h7-12H,1-2H2,3-6H3. The van der Waals surface area contributed by atoms with Crippen LogP contribution in [0.3, 0.4) is 0 Å². The van der Waals surface area contributed by atoms with Gasteiger partial charge in [0.2, 0.25) is 0 Å². The van der Waals surface area contributed by atoms with Crippen molar-refractivity contribution in [3.05, 3.63) is 25.3 Å². The van der Waals surface area contributed by atoms with Gasteiger partial charge in [-0.3, -0.25) is 0 Å². The van der Waals surface area contributed by atoms with Crippen molar-refractivity contribution in [1.29, 1.82) is 0 Å². The third-order valence-electron chi connectivity index (χ3n) is 2.65. The molecule has 4 atom stereocenters. The minimum Gasteiger partial charge on any atom is -0.374 e. The average molecular weight is 182 g/mol. The van der Waals surface area contributed by atoms with E-state index in [4.69, 9.17) is 4.74 Å². The molecule has 0 rings (SSSR count). The van der Waals surface area contributed by atoms with Crippen LogP contribution < -0.4 is 0 Å². The van der Waals surface area contributed by atoms with Gasteiger partial charge >= 0.3 is 0 Å². The van der Waals surface area contributed by atoms with Crippen LogP contribution in [0.25, 0.3) is 0 Å². The summed E-state index contributed by atoms with van der Waals surface area (Å²) in [6, 6.07) is 0. The summed E-state index contributed by atoms with van der Waals surface area (Å²) in [6.07, 6.45) is 4.32. The minimum atomic E-state index is 0.231. The van der Waals surface area contributed by atoms with E-state index in [-0.39, 0.29) is 12.2 Å². The zero-order valence-electron chi connectivity index (χ0n) is 9.29. The molecule has 0 radical (unpaired) electrons. The first-order valence-electron chi connectivity index (χ1n) is 4.93. The molecular formula is C12H22O. The lowest BCUT2D eigenvalue weighted by molar-refractivity contribution is -0.0262. The molecule has 4 unspecified atom stereocenters. The van der Waals surface area contributed by atoms with E-state index < -0.39 is 0 Å². The predicted octanol–water partition coefficient (Wildman–Crippen LogP) is 3.42. The molecule has 0 aliphatic rings. The van der Waals surface area contributed by atoms with Crippen LogP contribution in [0.15, 0.2) is 25.3 Å². The van der Waals surface area contributed by atoms with Crippen molar-refractivity contribution in [2.75, 3.05) is 0 Å². The summed E-state index contributed by atoms with van der Waals surface area (Å²) in [7, 11) is 0. The van der Waals surface area contributed by atoms with Crippen LogP contribution >= 0.6 is 0 Å². The fraction of sp³-hybridized carbons (Fsp3) is 0.667. The molecular weight excluding hydrogens is 160 g/mol. The lowest BCUT2D eigenvalue weighted by Gasteiger charge is -2.25. The summed E-state index contributed by atoms with van der Waals surface area (Å²) in [6.45, 7) is 15.9. The molecule has 0 aromatic carbocycles. The van der Waals surface area contributed by atoms with Gasteiger partial charge in [0, 0.05) is 0 Å². The van der Waals surface area contributed by atoms with E-state index in [1.807, 2.05) is 12.2 Å². The highest BCUT2D eigenvalue weighted by molar-refractivity contribution is 4.83. The second kappa shape index (κ2) is 5.98. The third kappa shape index (κ3) is 4.28. The van der Waals surface area contributed by atoms with Crippen molar-refractivity contribution < 1.29 is 4.74 Å². The van der Waals surface area contributed by atoms with Gasteiger partial charge in [-0.25, -0.2) is 0 Å². The Morgan fingerprint density at radius 1 is 0.846 bits per heavy atom. The zero-order valence-corrected chi connectivity index (χ0v) is 9.29.